The lowest BCUT2D eigenvalue weighted by Gasteiger charge is -2.37. The molecule has 1 aromatic heterocycles. The number of ether oxygens (including phenoxy) is 1. The van der Waals surface area contributed by atoms with Gasteiger partial charge in [-0.25, -0.2) is 18.7 Å². The average molecular weight is 567 g/mol. The van der Waals surface area contributed by atoms with E-state index < -0.39 is 11.6 Å². The van der Waals surface area contributed by atoms with Crippen molar-refractivity contribution in [3.05, 3.63) is 53.2 Å². The van der Waals surface area contributed by atoms with Crippen LogP contribution in [0.2, 0.25) is 0 Å². The van der Waals surface area contributed by atoms with Gasteiger partial charge in [-0.15, -0.1) is 0 Å². The van der Waals surface area contributed by atoms with E-state index in [1.54, 1.807) is 6.07 Å². The number of halogens is 2. The van der Waals surface area contributed by atoms with Gasteiger partial charge in [0.25, 0.3) is 0 Å². The van der Waals surface area contributed by atoms with E-state index in [1.165, 1.54) is 22.9 Å². The molecular formula is C30H36F2N6OS. The number of fused-ring (bicyclic) bond motifs is 2. The van der Waals surface area contributed by atoms with Crippen LogP contribution in [0.25, 0.3) is 11.3 Å². The summed E-state index contributed by atoms with van der Waals surface area (Å²) in [4.78, 5) is 15.6. The first kappa shape index (κ1) is 27.1. The predicted octanol–water partition coefficient (Wildman–Crippen LogP) is 6.05. The molecule has 0 spiro atoms. The minimum atomic E-state index is -0.602. The van der Waals surface area contributed by atoms with E-state index in [2.05, 4.69) is 56.2 Å². The third-order valence-corrected chi connectivity index (χ3v) is 9.22. The van der Waals surface area contributed by atoms with E-state index in [-0.39, 0.29) is 23.4 Å². The smallest absolute Gasteiger partial charge is 0.227 e. The van der Waals surface area contributed by atoms with Gasteiger partial charge in [-0.1, -0.05) is 0 Å². The highest BCUT2D eigenvalue weighted by molar-refractivity contribution is 7.98. The van der Waals surface area contributed by atoms with E-state index in [1.807, 2.05) is 25.6 Å². The fourth-order valence-electron chi connectivity index (χ4n) is 6.02. The molecule has 6 rings (SSSR count). The van der Waals surface area contributed by atoms with Gasteiger partial charge in [0, 0.05) is 53.6 Å². The Morgan fingerprint density at radius 3 is 2.55 bits per heavy atom. The predicted molar refractivity (Wildman–Crippen MR) is 159 cm³/mol. The summed E-state index contributed by atoms with van der Waals surface area (Å²) < 4.78 is 35.7. The molecule has 3 aliphatic rings. The number of anilines is 4. The Labute approximate surface area is 238 Å². The number of hydrogen-bond acceptors (Lipinski definition) is 8. The lowest BCUT2D eigenvalue weighted by Crippen LogP contribution is -2.42. The molecule has 4 heterocycles. The summed E-state index contributed by atoms with van der Waals surface area (Å²) in [5.74, 6) is 1.22. The van der Waals surface area contributed by atoms with Gasteiger partial charge < -0.3 is 24.8 Å². The van der Waals surface area contributed by atoms with Crippen LogP contribution in [-0.2, 0) is 11.5 Å². The van der Waals surface area contributed by atoms with Crippen molar-refractivity contribution in [2.75, 3.05) is 55.5 Å². The topological polar surface area (TPSA) is 56.8 Å². The number of piperidine rings is 1. The van der Waals surface area contributed by atoms with Crippen LogP contribution in [0, 0.1) is 11.6 Å². The lowest BCUT2D eigenvalue weighted by atomic mass is 10.00. The van der Waals surface area contributed by atoms with Crippen LogP contribution in [0.15, 0.2) is 30.5 Å². The van der Waals surface area contributed by atoms with Gasteiger partial charge in [0.1, 0.15) is 12.3 Å². The minimum absolute atomic E-state index is 0.0554. The van der Waals surface area contributed by atoms with Crippen LogP contribution >= 0.6 is 11.8 Å². The Hall–Kier alpha value is -3.11. The highest BCUT2D eigenvalue weighted by atomic mass is 32.2. The van der Waals surface area contributed by atoms with Gasteiger partial charge >= 0.3 is 0 Å². The maximum atomic E-state index is 15.1. The van der Waals surface area contributed by atoms with Crippen LogP contribution in [-0.4, -0.2) is 67.3 Å². The largest absolute Gasteiger partial charge is 0.486 e. The molecule has 40 heavy (non-hydrogen) atoms. The van der Waals surface area contributed by atoms with Crippen molar-refractivity contribution in [3.63, 3.8) is 0 Å². The molecule has 1 fully saturated rings. The second kappa shape index (κ2) is 11.0. The maximum absolute atomic E-state index is 15.1. The zero-order valence-corrected chi connectivity index (χ0v) is 24.3. The number of hydrogen-bond donors (Lipinski definition) is 1. The number of nitrogens with one attached hydrogen (secondary N) is 1. The van der Waals surface area contributed by atoms with Crippen molar-refractivity contribution in [2.45, 2.75) is 50.3 Å². The van der Waals surface area contributed by atoms with E-state index in [0.717, 1.165) is 49.3 Å². The SMILES string of the molecule is CC(C)N1CCOc2c(F)cc(-c3nc(Nc4ccc(N5CCC(N(C)C)CC5)c5c4CSC5)ncc3F)cc21. The number of rotatable bonds is 6. The second-order valence-corrected chi connectivity index (χ2v) is 12.2. The van der Waals surface area contributed by atoms with Crippen molar-refractivity contribution in [2.24, 2.45) is 0 Å². The summed E-state index contributed by atoms with van der Waals surface area (Å²) in [6, 6.07) is 8.10. The first-order valence-corrected chi connectivity index (χ1v) is 15.1. The first-order chi connectivity index (χ1) is 19.3. The lowest BCUT2D eigenvalue weighted by molar-refractivity contribution is 0.249. The molecule has 0 saturated carbocycles. The monoisotopic (exact) mass is 566 g/mol. The Morgan fingerprint density at radius 1 is 1.02 bits per heavy atom. The Kier molecular flexibility index (Phi) is 7.48. The molecule has 2 aromatic carbocycles. The minimum Gasteiger partial charge on any atom is -0.486 e. The third-order valence-electron chi connectivity index (χ3n) is 8.23. The third kappa shape index (κ3) is 5.07. The fraction of sp³-hybridized carbons (Fsp3) is 0.467. The molecule has 1 N–H and O–H groups in total. The molecular weight excluding hydrogens is 530 g/mol. The molecule has 0 unspecified atom stereocenters. The van der Waals surface area contributed by atoms with Gasteiger partial charge in [-0.2, -0.15) is 11.8 Å². The van der Waals surface area contributed by atoms with Gasteiger partial charge in [0.15, 0.2) is 17.4 Å². The average Bonchev–Trinajstić information content (AvgIpc) is 3.44. The van der Waals surface area contributed by atoms with Crippen LogP contribution < -0.4 is 19.9 Å². The van der Waals surface area contributed by atoms with Crippen molar-refractivity contribution < 1.29 is 13.5 Å². The zero-order chi connectivity index (χ0) is 28.0. The molecule has 0 radical (unpaired) electrons. The molecule has 0 amide bonds. The molecule has 0 aliphatic carbocycles. The molecule has 0 bridgehead atoms. The van der Waals surface area contributed by atoms with Crippen LogP contribution in [0.3, 0.4) is 0 Å². The number of aromatic nitrogens is 2. The molecule has 0 atom stereocenters. The Balaban J connectivity index is 1.29. The second-order valence-electron chi connectivity index (χ2n) is 11.2. The molecule has 3 aliphatic heterocycles. The molecule has 10 heteroatoms. The van der Waals surface area contributed by atoms with E-state index in [4.69, 9.17) is 4.74 Å². The van der Waals surface area contributed by atoms with Gasteiger partial charge in [-0.05, 0) is 76.2 Å². The van der Waals surface area contributed by atoms with E-state index >= 15 is 8.78 Å². The number of thioether (sulfide) groups is 1. The molecule has 1 saturated heterocycles. The molecule has 3 aromatic rings. The zero-order valence-electron chi connectivity index (χ0n) is 23.5. The fourth-order valence-corrected chi connectivity index (χ4v) is 7.19. The Morgan fingerprint density at radius 2 is 1.80 bits per heavy atom. The normalized spacial score (nSPS) is 17.3. The number of benzene rings is 2. The molecule has 212 valence electrons. The summed E-state index contributed by atoms with van der Waals surface area (Å²) in [7, 11) is 4.32. The summed E-state index contributed by atoms with van der Waals surface area (Å²) >= 11 is 1.90. The van der Waals surface area contributed by atoms with Crippen LogP contribution in [0.4, 0.5) is 31.8 Å². The summed E-state index contributed by atoms with van der Waals surface area (Å²) in [5.41, 5.74) is 5.86. The number of nitrogens with zero attached hydrogens (tertiary/aromatic N) is 5. The standard InChI is InChI=1S/C30H36F2N6OS/c1-18(2)38-11-12-39-29-23(31)13-19(14-27(29)38)28-24(32)15-33-30(35-28)34-25-5-6-26(22-17-40-16-21(22)25)37-9-7-20(8-10-37)36(3)4/h5-6,13-15,18,20H,7-12,16-17H2,1-4H3,(H,33,34,35). The van der Waals surface area contributed by atoms with Gasteiger partial charge in [0.05, 0.1) is 18.4 Å². The first-order valence-electron chi connectivity index (χ1n) is 14.0. The van der Waals surface area contributed by atoms with E-state index in [0.29, 0.717) is 30.4 Å². The van der Waals surface area contributed by atoms with Crippen LogP contribution in [0.5, 0.6) is 5.75 Å². The highest BCUT2D eigenvalue weighted by Gasteiger charge is 2.28. The summed E-state index contributed by atoms with van der Waals surface area (Å²) in [6.07, 6.45) is 3.47. The van der Waals surface area contributed by atoms with Crippen molar-refractivity contribution in [1.29, 1.82) is 0 Å². The van der Waals surface area contributed by atoms with Crippen molar-refractivity contribution >= 4 is 34.8 Å². The van der Waals surface area contributed by atoms with Gasteiger partial charge in [0.2, 0.25) is 5.95 Å². The van der Waals surface area contributed by atoms with E-state index in [9.17, 15) is 0 Å². The Bertz CT molecular complexity index is 1410. The van der Waals surface area contributed by atoms with Crippen molar-refractivity contribution in [1.82, 2.24) is 14.9 Å². The summed E-state index contributed by atoms with van der Waals surface area (Å²) in [6.45, 7) is 7.23. The molecule has 7 nitrogen and oxygen atoms in total. The van der Waals surface area contributed by atoms with Gasteiger partial charge in [-0.3, -0.25) is 0 Å². The van der Waals surface area contributed by atoms with Crippen LogP contribution in [0.1, 0.15) is 37.8 Å². The maximum Gasteiger partial charge on any atom is 0.227 e. The summed E-state index contributed by atoms with van der Waals surface area (Å²) in [5, 5.41) is 3.34. The highest BCUT2D eigenvalue weighted by Crippen LogP contribution is 2.43. The van der Waals surface area contributed by atoms with Crippen molar-refractivity contribution in [3.8, 4) is 17.0 Å². The quantitative estimate of drug-likeness (QED) is 0.387.